The molecule has 6 N–H and O–H groups in total. The first-order valence-corrected chi connectivity index (χ1v) is 16.1. The van der Waals surface area contributed by atoms with Crippen molar-refractivity contribution in [2.24, 2.45) is 0 Å². The van der Waals surface area contributed by atoms with Gasteiger partial charge in [-0.2, -0.15) is 5.26 Å². The fourth-order valence-corrected chi connectivity index (χ4v) is 5.10. The molecule has 18 nitrogen and oxygen atoms in total. The number of hydrogen-bond donors (Lipinski definition) is 6. The third-order valence-electron chi connectivity index (χ3n) is 6.78. The van der Waals surface area contributed by atoms with Crippen molar-refractivity contribution in [3.05, 3.63) is 77.0 Å². The van der Waals surface area contributed by atoms with Crippen molar-refractivity contribution in [1.82, 2.24) is 29.7 Å². The Morgan fingerprint density at radius 2 is 1.21 bits per heavy atom. The van der Waals surface area contributed by atoms with E-state index < -0.39 is 62.6 Å². The number of aromatic nitrogens is 3. The summed E-state index contributed by atoms with van der Waals surface area (Å²) in [5.74, 6) is 0.0408. The predicted octanol–water partition coefficient (Wildman–Crippen LogP) is 0.786. The summed E-state index contributed by atoms with van der Waals surface area (Å²) < 4.78 is 0. The number of carboxylic acid groups (broad SMARTS) is 5. The molecule has 52 heavy (non-hydrogen) atoms. The van der Waals surface area contributed by atoms with Crippen LogP contribution in [0.25, 0.3) is 0 Å². The SMILES string of the molecule is N#CSc1ccc(CNc2cnc(C#Cc3cc(CN(CCN(CC(=O)O)CC(=O)O)CC(=O)O)nc(CN(CC(=O)O)CC(=O)O)c3)cn2)cc1. The fourth-order valence-electron chi connectivity index (χ4n) is 4.72. The minimum absolute atomic E-state index is 0.0501. The second-order valence-electron chi connectivity index (χ2n) is 11.1. The van der Waals surface area contributed by atoms with Crippen LogP contribution in [-0.4, -0.2) is 131 Å². The van der Waals surface area contributed by atoms with E-state index in [2.05, 4.69) is 32.1 Å². The van der Waals surface area contributed by atoms with Gasteiger partial charge in [0.15, 0.2) is 0 Å². The van der Waals surface area contributed by atoms with E-state index in [1.54, 1.807) is 6.07 Å². The first kappa shape index (κ1) is 40.3. The molecule has 0 atom stereocenters. The molecular formula is C33H34N8O10S. The number of hydrogen-bond acceptors (Lipinski definition) is 14. The van der Waals surface area contributed by atoms with Gasteiger partial charge >= 0.3 is 29.8 Å². The summed E-state index contributed by atoms with van der Waals surface area (Å²) in [5, 5.41) is 60.4. The lowest BCUT2D eigenvalue weighted by molar-refractivity contribution is -0.144. The van der Waals surface area contributed by atoms with Crippen LogP contribution in [0.1, 0.15) is 28.2 Å². The van der Waals surface area contributed by atoms with Crippen LogP contribution in [0.4, 0.5) is 5.82 Å². The molecule has 2 heterocycles. The molecule has 0 saturated carbocycles. The molecule has 0 unspecified atom stereocenters. The highest BCUT2D eigenvalue weighted by Crippen LogP contribution is 2.17. The molecule has 272 valence electrons. The van der Waals surface area contributed by atoms with Crippen LogP contribution >= 0.6 is 11.8 Å². The van der Waals surface area contributed by atoms with Gasteiger partial charge in [-0.25, -0.2) is 9.97 Å². The van der Waals surface area contributed by atoms with Crippen LogP contribution in [0.3, 0.4) is 0 Å². The Hall–Kier alpha value is -6.12. The van der Waals surface area contributed by atoms with Gasteiger partial charge in [-0.1, -0.05) is 18.1 Å². The van der Waals surface area contributed by atoms with Gasteiger partial charge in [0, 0.05) is 43.2 Å². The lowest BCUT2D eigenvalue weighted by Crippen LogP contribution is -2.41. The van der Waals surface area contributed by atoms with Gasteiger partial charge in [0.1, 0.15) is 16.9 Å². The number of nitrogens with one attached hydrogen (secondary N) is 1. The number of thioether (sulfide) groups is 1. The molecule has 0 aliphatic carbocycles. The summed E-state index contributed by atoms with van der Waals surface area (Å²) in [6, 6.07) is 10.5. The predicted molar refractivity (Wildman–Crippen MR) is 183 cm³/mol. The van der Waals surface area contributed by atoms with Gasteiger partial charge in [0.25, 0.3) is 0 Å². The molecule has 0 aliphatic rings. The number of nitrogens with zero attached hydrogens (tertiary/aromatic N) is 7. The van der Waals surface area contributed by atoms with Gasteiger partial charge in [-0.15, -0.1) is 0 Å². The Morgan fingerprint density at radius 1 is 0.692 bits per heavy atom. The molecule has 19 heteroatoms. The van der Waals surface area contributed by atoms with E-state index in [9.17, 15) is 39.3 Å². The van der Waals surface area contributed by atoms with E-state index >= 15 is 0 Å². The zero-order valence-electron chi connectivity index (χ0n) is 27.5. The van der Waals surface area contributed by atoms with Crippen molar-refractivity contribution in [3.63, 3.8) is 0 Å². The maximum absolute atomic E-state index is 11.7. The molecule has 3 aromatic rings. The zero-order valence-corrected chi connectivity index (χ0v) is 28.3. The maximum atomic E-state index is 11.7. The van der Waals surface area contributed by atoms with E-state index in [0.29, 0.717) is 23.6 Å². The molecule has 2 aromatic heterocycles. The molecule has 0 bridgehead atoms. The second-order valence-corrected chi connectivity index (χ2v) is 12.0. The summed E-state index contributed by atoms with van der Waals surface area (Å²) in [6.07, 6.45) is 2.94. The van der Waals surface area contributed by atoms with Crippen LogP contribution in [0.2, 0.25) is 0 Å². The lowest BCUT2D eigenvalue weighted by Gasteiger charge is -2.25. The summed E-state index contributed by atoms with van der Waals surface area (Å²) in [5.41, 5.74) is 2.14. The number of carbonyl (C=O) groups is 5. The molecular weight excluding hydrogens is 700 g/mol. The van der Waals surface area contributed by atoms with Gasteiger partial charge < -0.3 is 30.8 Å². The van der Waals surface area contributed by atoms with E-state index in [0.717, 1.165) is 32.0 Å². The summed E-state index contributed by atoms with van der Waals surface area (Å²) in [6.45, 7) is -2.88. The van der Waals surface area contributed by atoms with Gasteiger partial charge in [-0.05, 0) is 47.5 Å². The minimum atomic E-state index is -1.26. The Kier molecular flexibility index (Phi) is 15.9. The Morgan fingerprint density at radius 3 is 1.73 bits per heavy atom. The topological polar surface area (TPSA) is 271 Å². The second kappa shape index (κ2) is 20.5. The molecule has 0 spiro atoms. The quantitative estimate of drug-likeness (QED) is 0.0501. The maximum Gasteiger partial charge on any atom is 0.317 e. The number of thiocyanates is 1. The number of carboxylic acids is 5. The minimum Gasteiger partial charge on any atom is -0.480 e. The normalized spacial score (nSPS) is 10.7. The van der Waals surface area contributed by atoms with Crippen molar-refractivity contribution < 1.29 is 49.5 Å². The first-order chi connectivity index (χ1) is 24.8. The number of rotatable bonds is 21. The standard InChI is InChI=1S/C33H34N8O10S/c34-21-52-27-5-2-22(3-6-27)11-36-28-13-35-24(12-37-28)4-1-23-9-25(38-26(10-23)15-41(19-32(48)49)20-33(50)51)14-39(16-29(42)43)7-8-40(17-30(44)45)18-31(46)47/h2-3,5-6,9-10,12-13H,7-8,11,14-20H2,(H,36,37)(H,42,43)(H,44,45)(H,46,47)(H,48,49)(H,50,51). The van der Waals surface area contributed by atoms with Crippen molar-refractivity contribution in [2.75, 3.05) is 51.1 Å². The van der Waals surface area contributed by atoms with E-state index in [4.69, 9.17) is 15.5 Å². The molecule has 0 saturated heterocycles. The van der Waals surface area contributed by atoms with Crippen molar-refractivity contribution in [1.29, 1.82) is 5.26 Å². The highest BCUT2D eigenvalue weighted by molar-refractivity contribution is 8.03. The highest BCUT2D eigenvalue weighted by Gasteiger charge is 2.19. The van der Waals surface area contributed by atoms with Crippen molar-refractivity contribution in [2.45, 2.75) is 24.5 Å². The van der Waals surface area contributed by atoms with Crippen LogP contribution in [-0.2, 0) is 43.6 Å². The summed E-state index contributed by atoms with van der Waals surface area (Å²) in [7, 11) is 0. The molecule has 0 radical (unpaired) electrons. The van der Waals surface area contributed by atoms with E-state index in [1.807, 2.05) is 29.7 Å². The largest absolute Gasteiger partial charge is 0.480 e. The van der Waals surface area contributed by atoms with Crippen LogP contribution < -0.4 is 5.32 Å². The van der Waals surface area contributed by atoms with Crippen LogP contribution in [0.15, 0.2) is 53.7 Å². The Bertz CT molecular complexity index is 1810. The molecule has 1 aromatic carbocycles. The first-order valence-electron chi connectivity index (χ1n) is 15.3. The molecule has 0 aliphatic heterocycles. The van der Waals surface area contributed by atoms with Gasteiger partial charge in [0.2, 0.25) is 0 Å². The average molecular weight is 735 g/mol. The number of nitriles is 1. The fraction of sp³-hybridized carbons (Fsp3) is 0.303. The van der Waals surface area contributed by atoms with E-state index in [-0.39, 0.29) is 37.6 Å². The van der Waals surface area contributed by atoms with Crippen molar-refractivity contribution >= 4 is 47.4 Å². The van der Waals surface area contributed by atoms with Gasteiger partial charge in [0.05, 0.1) is 56.5 Å². The average Bonchev–Trinajstić information content (AvgIpc) is 3.05. The van der Waals surface area contributed by atoms with E-state index in [1.165, 1.54) is 23.4 Å². The number of aliphatic carboxylic acids is 5. The summed E-state index contributed by atoms with van der Waals surface area (Å²) >= 11 is 1.06. The number of benzene rings is 1. The van der Waals surface area contributed by atoms with Crippen LogP contribution in [0, 0.1) is 22.5 Å². The molecule has 3 rings (SSSR count). The Balaban J connectivity index is 1.85. The zero-order chi connectivity index (χ0) is 38.0. The number of anilines is 1. The molecule has 0 amide bonds. The highest BCUT2D eigenvalue weighted by atomic mass is 32.2. The third kappa shape index (κ3) is 15.6. The number of pyridine rings is 1. The van der Waals surface area contributed by atoms with Gasteiger partial charge in [-0.3, -0.25) is 43.7 Å². The third-order valence-corrected chi connectivity index (χ3v) is 7.38. The van der Waals surface area contributed by atoms with Crippen LogP contribution in [0.5, 0.6) is 0 Å². The smallest absolute Gasteiger partial charge is 0.317 e. The Labute approximate surface area is 301 Å². The lowest BCUT2D eigenvalue weighted by atomic mass is 10.1. The molecule has 0 fully saturated rings. The summed E-state index contributed by atoms with van der Waals surface area (Å²) in [4.78, 5) is 74.6. The monoisotopic (exact) mass is 734 g/mol. The van der Waals surface area contributed by atoms with Crippen molar-refractivity contribution in [3.8, 4) is 17.2 Å².